The van der Waals surface area contributed by atoms with Crippen LogP contribution in [-0.2, 0) is 0 Å². The molecular weight excluding hydrogens is 200 g/mol. The molecule has 0 N–H and O–H groups in total. The van der Waals surface area contributed by atoms with Crippen molar-refractivity contribution in [1.29, 1.82) is 0 Å². The molecule has 0 nitrogen and oxygen atoms in total. The van der Waals surface area contributed by atoms with Gasteiger partial charge in [0.15, 0.2) is 0 Å². The fourth-order valence-electron chi connectivity index (χ4n) is 2.89. The van der Waals surface area contributed by atoms with E-state index in [1.807, 2.05) is 0 Å². The zero-order chi connectivity index (χ0) is 8.11. The molecule has 0 aromatic carbocycles. The van der Waals surface area contributed by atoms with E-state index in [2.05, 4.69) is 29.8 Å². The lowest BCUT2D eigenvalue weighted by atomic mass is 9.89. The number of rotatable bonds is 1. The van der Waals surface area contributed by atoms with Crippen LogP contribution in [0.5, 0.6) is 0 Å². The summed E-state index contributed by atoms with van der Waals surface area (Å²) in [6.45, 7) is 4.84. The molecule has 0 aromatic heterocycles. The molecule has 2 aliphatic carbocycles. The van der Waals surface area contributed by atoms with Crippen molar-refractivity contribution in [3.8, 4) is 0 Å². The van der Waals surface area contributed by atoms with Crippen molar-refractivity contribution in [2.45, 2.75) is 39.5 Å². The molecule has 0 aliphatic heterocycles. The minimum Gasteiger partial charge on any atom is -0.0925 e. The highest BCUT2D eigenvalue weighted by molar-refractivity contribution is 9.09. The molecule has 0 radical (unpaired) electrons. The van der Waals surface area contributed by atoms with E-state index in [4.69, 9.17) is 0 Å². The Hall–Kier alpha value is 0.480. The van der Waals surface area contributed by atoms with Crippen molar-refractivity contribution in [2.24, 2.45) is 16.7 Å². The molecule has 2 unspecified atom stereocenters. The molecule has 1 spiro atoms. The van der Waals surface area contributed by atoms with Crippen LogP contribution in [0, 0.1) is 16.7 Å². The first-order valence-electron chi connectivity index (χ1n) is 4.64. The lowest BCUT2D eigenvalue weighted by Crippen LogP contribution is -2.06. The van der Waals surface area contributed by atoms with E-state index in [1.165, 1.54) is 31.0 Å². The molecule has 64 valence electrons. The second-order valence-electron chi connectivity index (χ2n) is 5.26. The number of alkyl halides is 1. The monoisotopic (exact) mass is 216 g/mol. The van der Waals surface area contributed by atoms with E-state index in [0.717, 1.165) is 11.3 Å². The molecule has 0 aromatic rings. The maximum atomic E-state index is 3.60. The zero-order valence-electron chi connectivity index (χ0n) is 7.49. The summed E-state index contributed by atoms with van der Waals surface area (Å²) in [5.41, 5.74) is 1.45. The van der Waals surface area contributed by atoms with Crippen molar-refractivity contribution in [3.63, 3.8) is 0 Å². The quantitative estimate of drug-likeness (QED) is 0.588. The SMILES string of the molecule is CC1(C)CCC2(CC2CBr)C1. The first-order valence-corrected chi connectivity index (χ1v) is 5.76. The average Bonchev–Trinajstić information content (AvgIpc) is 2.49. The van der Waals surface area contributed by atoms with Gasteiger partial charge in [0, 0.05) is 5.33 Å². The van der Waals surface area contributed by atoms with Crippen molar-refractivity contribution >= 4 is 15.9 Å². The van der Waals surface area contributed by atoms with Gasteiger partial charge in [0.05, 0.1) is 0 Å². The van der Waals surface area contributed by atoms with Crippen LogP contribution in [0.2, 0.25) is 0 Å². The first-order chi connectivity index (χ1) is 5.08. The number of hydrogen-bond acceptors (Lipinski definition) is 0. The standard InChI is InChI=1S/C10H17Br/c1-9(2)3-4-10(7-9)5-8(10)6-11/h8H,3-7H2,1-2H3. The van der Waals surface area contributed by atoms with Crippen LogP contribution in [0.1, 0.15) is 39.5 Å². The predicted molar refractivity (Wildman–Crippen MR) is 52.0 cm³/mol. The average molecular weight is 217 g/mol. The van der Waals surface area contributed by atoms with Crippen LogP contribution in [-0.4, -0.2) is 5.33 Å². The lowest BCUT2D eigenvalue weighted by molar-refractivity contribution is 0.346. The molecule has 2 fully saturated rings. The molecule has 0 heterocycles. The third-order valence-electron chi connectivity index (χ3n) is 3.68. The van der Waals surface area contributed by atoms with Crippen molar-refractivity contribution in [1.82, 2.24) is 0 Å². The smallest absolute Gasteiger partial charge is 0.00651 e. The van der Waals surface area contributed by atoms with Gasteiger partial charge in [0.2, 0.25) is 0 Å². The number of hydrogen-bond donors (Lipinski definition) is 0. The van der Waals surface area contributed by atoms with E-state index in [-0.39, 0.29) is 0 Å². The summed E-state index contributed by atoms with van der Waals surface area (Å²) in [6, 6.07) is 0. The largest absolute Gasteiger partial charge is 0.0925 e. The van der Waals surface area contributed by atoms with E-state index in [9.17, 15) is 0 Å². The van der Waals surface area contributed by atoms with Crippen LogP contribution < -0.4 is 0 Å². The van der Waals surface area contributed by atoms with Gasteiger partial charge in [-0.1, -0.05) is 29.8 Å². The Morgan fingerprint density at radius 2 is 2.09 bits per heavy atom. The Morgan fingerprint density at radius 3 is 2.45 bits per heavy atom. The van der Waals surface area contributed by atoms with Gasteiger partial charge in [-0.3, -0.25) is 0 Å². The summed E-state index contributed by atoms with van der Waals surface area (Å²) >= 11 is 3.60. The van der Waals surface area contributed by atoms with Crippen molar-refractivity contribution in [2.75, 3.05) is 5.33 Å². The van der Waals surface area contributed by atoms with E-state index < -0.39 is 0 Å². The number of halogens is 1. The lowest BCUT2D eigenvalue weighted by Gasteiger charge is -2.16. The summed E-state index contributed by atoms with van der Waals surface area (Å²) < 4.78 is 0. The second kappa shape index (κ2) is 2.25. The molecule has 1 heteroatoms. The first kappa shape index (κ1) is 8.10. The molecule has 2 atom stereocenters. The molecule has 0 saturated heterocycles. The molecule has 11 heavy (non-hydrogen) atoms. The molecule has 0 bridgehead atoms. The summed E-state index contributed by atoms with van der Waals surface area (Å²) in [5.74, 6) is 1.02. The fraction of sp³-hybridized carbons (Fsp3) is 1.00. The van der Waals surface area contributed by atoms with Crippen LogP contribution in [0.4, 0.5) is 0 Å². The van der Waals surface area contributed by atoms with E-state index in [1.54, 1.807) is 0 Å². The normalized spacial score (nSPS) is 46.6. The van der Waals surface area contributed by atoms with Crippen molar-refractivity contribution < 1.29 is 0 Å². The van der Waals surface area contributed by atoms with Crippen molar-refractivity contribution in [3.05, 3.63) is 0 Å². The van der Waals surface area contributed by atoms with Gasteiger partial charge in [0.25, 0.3) is 0 Å². The van der Waals surface area contributed by atoms with Crippen LogP contribution in [0.25, 0.3) is 0 Å². The van der Waals surface area contributed by atoms with Gasteiger partial charge in [-0.25, -0.2) is 0 Å². The highest BCUT2D eigenvalue weighted by Gasteiger charge is 2.58. The summed E-state index contributed by atoms with van der Waals surface area (Å²) in [4.78, 5) is 0. The Morgan fingerprint density at radius 1 is 1.36 bits per heavy atom. The minimum atomic E-state index is 0.650. The molecule has 2 saturated carbocycles. The topological polar surface area (TPSA) is 0 Å². The highest BCUT2D eigenvalue weighted by Crippen LogP contribution is 2.67. The summed E-state index contributed by atoms with van der Waals surface area (Å²) in [7, 11) is 0. The predicted octanol–water partition coefficient (Wildman–Crippen LogP) is 3.60. The Balaban J connectivity index is 2.01. The van der Waals surface area contributed by atoms with Gasteiger partial charge >= 0.3 is 0 Å². The minimum absolute atomic E-state index is 0.650. The fourth-order valence-corrected chi connectivity index (χ4v) is 3.81. The molecule has 2 rings (SSSR count). The Bertz CT molecular complexity index is 174. The van der Waals surface area contributed by atoms with Crippen LogP contribution >= 0.6 is 15.9 Å². The van der Waals surface area contributed by atoms with Crippen LogP contribution in [0.15, 0.2) is 0 Å². The molecule has 2 aliphatic rings. The third-order valence-corrected chi connectivity index (χ3v) is 4.46. The van der Waals surface area contributed by atoms with Gasteiger partial charge in [-0.15, -0.1) is 0 Å². The zero-order valence-corrected chi connectivity index (χ0v) is 9.08. The second-order valence-corrected chi connectivity index (χ2v) is 5.91. The maximum Gasteiger partial charge on any atom is 0.00651 e. The summed E-state index contributed by atoms with van der Waals surface area (Å²) in [5, 5.41) is 1.24. The maximum absolute atomic E-state index is 3.60. The Labute approximate surface area is 77.9 Å². The molecular formula is C10H17Br. The van der Waals surface area contributed by atoms with Gasteiger partial charge in [-0.2, -0.15) is 0 Å². The van der Waals surface area contributed by atoms with Crippen LogP contribution in [0.3, 0.4) is 0 Å². The van der Waals surface area contributed by atoms with Gasteiger partial charge in [-0.05, 0) is 42.4 Å². The highest BCUT2D eigenvalue weighted by atomic mass is 79.9. The van der Waals surface area contributed by atoms with Gasteiger partial charge in [0.1, 0.15) is 0 Å². The molecule has 0 amide bonds. The van der Waals surface area contributed by atoms with E-state index >= 15 is 0 Å². The van der Waals surface area contributed by atoms with Gasteiger partial charge < -0.3 is 0 Å². The third kappa shape index (κ3) is 1.26. The Kier molecular flexibility index (Phi) is 1.65. The van der Waals surface area contributed by atoms with E-state index in [0.29, 0.717) is 5.41 Å². The summed E-state index contributed by atoms with van der Waals surface area (Å²) in [6.07, 6.45) is 5.94.